The number of diazo groups is 1. The largest absolute Gasteiger partial charge is 0.476 e. The van der Waals surface area contributed by atoms with E-state index in [9.17, 15) is 29.7 Å². The summed E-state index contributed by atoms with van der Waals surface area (Å²) in [6.45, 7) is 8.67. The van der Waals surface area contributed by atoms with Crippen LogP contribution in [0.1, 0.15) is 53.9 Å². The molecule has 0 aliphatic heterocycles. The third-order valence-corrected chi connectivity index (χ3v) is 9.02. The van der Waals surface area contributed by atoms with Gasteiger partial charge in [0, 0.05) is 41.9 Å². The van der Waals surface area contributed by atoms with E-state index in [1.807, 2.05) is 20.8 Å². The molecule has 4 rings (SSSR count). The SMILES string of the molecule is CCCC(=O)O[C@@H]1[C@@H](C)[C@@]2(O)[C@@H](C=C(C=O)C[C@]3(O)C(=O)C(C)=C[C@@H]23)[C@@H]2C(C)(C)[C@]12O/C(O)=C/[N+]#N. The molecular weight excluding hydrogens is 468 g/mol. The normalized spacial score (nSPS) is 42.4. The summed E-state index contributed by atoms with van der Waals surface area (Å²) in [7, 11) is 0. The maximum Gasteiger partial charge on any atom is 0.429 e. The van der Waals surface area contributed by atoms with E-state index in [0.29, 0.717) is 18.9 Å². The molecule has 0 amide bonds. The maximum atomic E-state index is 13.1. The Balaban J connectivity index is 1.95. The summed E-state index contributed by atoms with van der Waals surface area (Å²) in [5, 5.41) is 43.4. The van der Waals surface area contributed by atoms with Crippen LogP contribution in [-0.4, -0.2) is 56.3 Å². The van der Waals surface area contributed by atoms with Gasteiger partial charge in [-0.25, -0.2) is 0 Å². The van der Waals surface area contributed by atoms with Gasteiger partial charge < -0.3 is 24.8 Å². The Morgan fingerprint density at radius 1 is 1.31 bits per heavy atom. The topological polar surface area (TPSA) is 159 Å². The van der Waals surface area contributed by atoms with Gasteiger partial charge in [0.1, 0.15) is 18.0 Å². The van der Waals surface area contributed by atoms with Crippen molar-refractivity contribution in [1.82, 2.24) is 0 Å². The molecule has 4 aliphatic rings. The molecule has 0 saturated heterocycles. The highest BCUT2D eigenvalue weighted by molar-refractivity contribution is 6.05. The van der Waals surface area contributed by atoms with Crippen LogP contribution in [-0.2, 0) is 23.9 Å². The number of ketones is 1. The van der Waals surface area contributed by atoms with Crippen molar-refractivity contribution >= 4 is 18.0 Å². The van der Waals surface area contributed by atoms with Gasteiger partial charge in [-0.15, -0.1) is 0 Å². The fourth-order valence-electron chi connectivity index (χ4n) is 7.39. The van der Waals surface area contributed by atoms with Gasteiger partial charge in [-0.2, -0.15) is 0 Å². The van der Waals surface area contributed by atoms with Crippen LogP contribution in [0.4, 0.5) is 0 Å². The fourth-order valence-corrected chi connectivity index (χ4v) is 7.39. The molecule has 0 radical (unpaired) electrons. The number of hydrogen-bond donors (Lipinski definition) is 3. The predicted octanol–water partition coefficient (Wildman–Crippen LogP) is 2.72. The van der Waals surface area contributed by atoms with E-state index >= 15 is 0 Å². The molecule has 10 heteroatoms. The number of fused-ring (bicyclic) bond motifs is 5. The number of aliphatic hydroxyl groups is 3. The Bertz CT molecular complexity index is 1150. The van der Waals surface area contributed by atoms with Crippen molar-refractivity contribution in [2.75, 3.05) is 0 Å². The molecule has 10 nitrogen and oxygen atoms in total. The average Bonchev–Trinajstić information content (AvgIpc) is 3.23. The number of esters is 1. The smallest absolute Gasteiger partial charge is 0.429 e. The summed E-state index contributed by atoms with van der Waals surface area (Å²) >= 11 is 0. The van der Waals surface area contributed by atoms with Crippen LogP contribution in [0.5, 0.6) is 0 Å². The number of nitrogens with zero attached hydrogens (tertiary/aromatic N) is 2. The number of ether oxygens (including phenoxy) is 2. The van der Waals surface area contributed by atoms with Crippen LogP contribution in [0.15, 0.2) is 35.4 Å². The molecule has 36 heavy (non-hydrogen) atoms. The van der Waals surface area contributed by atoms with Crippen LogP contribution >= 0.6 is 0 Å². The lowest BCUT2D eigenvalue weighted by atomic mass is 9.59. The Morgan fingerprint density at radius 2 is 1.97 bits per heavy atom. The van der Waals surface area contributed by atoms with E-state index < -0.39 is 69.7 Å². The van der Waals surface area contributed by atoms with Gasteiger partial charge in [0.25, 0.3) is 0 Å². The lowest BCUT2D eigenvalue weighted by Crippen LogP contribution is -2.66. The van der Waals surface area contributed by atoms with Gasteiger partial charge in [0.05, 0.1) is 5.60 Å². The van der Waals surface area contributed by atoms with Crippen molar-refractivity contribution < 1.29 is 39.2 Å². The quantitative estimate of drug-likeness (QED) is 0.215. The fraction of sp³-hybridized carbons (Fsp3) is 0.654. The zero-order valence-electron chi connectivity index (χ0n) is 21.1. The Hall–Kier alpha value is -3.03. The Kier molecular flexibility index (Phi) is 5.97. The van der Waals surface area contributed by atoms with Gasteiger partial charge in [-0.1, -0.05) is 39.8 Å². The summed E-state index contributed by atoms with van der Waals surface area (Å²) in [5.41, 5.74) is -5.58. The average molecular weight is 502 g/mol. The number of rotatable bonds is 6. The summed E-state index contributed by atoms with van der Waals surface area (Å²) in [6, 6.07) is 0. The molecule has 2 fully saturated rings. The monoisotopic (exact) mass is 501 g/mol. The molecule has 194 valence electrons. The highest BCUT2D eigenvalue weighted by atomic mass is 16.6. The third kappa shape index (κ3) is 3.15. The molecule has 2 saturated carbocycles. The Morgan fingerprint density at radius 3 is 2.56 bits per heavy atom. The first-order chi connectivity index (χ1) is 16.8. The van der Waals surface area contributed by atoms with E-state index in [1.165, 1.54) is 0 Å². The van der Waals surface area contributed by atoms with Gasteiger partial charge in [-0.05, 0) is 24.5 Å². The summed E-state index contributed by atoms with van der Waals surface area (Å²) in [6.07, 6.45) is 3.66. The van der Waals surface area contributed by atoms with Crippen molar-refractivity contribution in [3.63, 3.8) is 0 Å². The Labute approximate surface area is 209 Å². The second kappa shape index (κ2) is 8.25. The van der Waals surface area contributed by atoms with Gasteiger partial charge in [-0.3, -0.25) is 14.4 Å². The van der Waals surface area contributed by atoms with Crippen LogP contribution < -0.4 is 0 Å². The van der Waals surface area contributed by atoms with E-state index in [4.69, 9.17) is 14.9 Å². The van der Waals surface area contributed by atoms with E-state index in [0.717, 1.165) is 0 Å². The number of carbonyl (C=O) groups excluding carboxylic acids is 3. The minimum absolute atomic E-state index is 0.111. The molecule has 0 unspecified atom stereocenters. The minimum Gasteiger partial charge on any atom is -0.476 e. The molecule has 8 atom stereocenters. The molecule has 0 aromatic carbocycles. The number of carbonyl (C=O) groups is 3. The van der Waals surface area contributed by atoms with Crippen LogP contribution in [0.3, 0.4) is 0 Å². The highest BCUT2D eigenvalue weighted by Gasteiger charge is 2.88. The first-order valence-electron chi connectivity index (χ1n) is 12.2. The second-order valence-corrected chi connectivity index (χ2v) is 11.2. The van der Waals surface area contributed by atoms with Crippen LogP contribution in [0.2, 0.25) is 0 Å². The maximum absolute atomic E-state index is 13.1. The van der Waals surface area contributed by atoms with Gasteiger partial charge in [0.2, 0.25) is 5.39 Å². The highest BCUT2D eigenvalue weighted by Crippen LogP contribution is 2.77. The summed E-state index contributed by atoms with van der Waals surface area (Å²) in [5.74, 6) is -5.21. The standard InChI is InChI=1S/C26H32N2O8/c1-6-7-18(30)35-22-14(3)25(34)16(20-23(4,5)26(20,22)36-19(31)11-28-27)9-15(12-29)10-24(33)17(25)8-13(2)21(24)32/h8-9,11-12,14,16-17,20,22,33-34H,6-7,10H2,1-5H3/p+1/b19-11+/t14-,16+,17-,20-,22-,24-,25-,26-/m1/s1. The van der Waals surface area contributed by atoms with Crippen molar-refractivity contribution in [2.45, 2.75) is 76.8 Å². The van der Waals surface area contributed by atoms with Crippen molar-refractivity contribution in [3.05, 3.63) is 40.4 Å². The molecule has 0 aromatic rings. The second-order valence-electron chi connectivity index (χ2n) is 11.2. The number of aldehydes is 1. The van der Waals surface area contributed by atoms with E-state index in [-0.39, 0.29) is 24.0 Å². The molecule has 0 bridgehead atoms. The first-order valence-corrected chi connectivity index (χ1v) is 12.2. The van der Waals surface area contributed by atoms with E-state index in [1.54, 1.807) is 26.0 Å². The lowest BCUT2D eigenvalue weighted by molar-refractivity contribution is -0.228. The zero-order valence-corrected chi connectivity index (χ0v) is 21.1. The van der Waals surface area contributed by atoms with Crippen molar-refractivity contribution in [1.29, 1.82) is 5.39 Å². The van der Waals surface area contributed by atoms with E-state index in [2.05, 4.69) is 4.98 Å². The van der Waals surface area contributed by atoms with Crippen molar-refractivity contribution in [2.24, 2.45) is 29.1 Å². The molecule has 0 aromatic heterocycles. The van der Waals surface area contributed by atoms with Crippen LogP contribution in [0, 0.1) is 34.5 Å². The summed E-state index contributed by atoms with van der Waals surface area (Å²) < 4.78 is 11.9. The minimum atomic E-state index is -2.04. The number of hydrogen-bond acceptors (Lipinski definition) is 9. The lowest BCUT2D eigenvalue weighted by Gasteiger charge is -2.53. The zero-order chi connectivity index (χ0) is 26.8. The molecular formula is C26H33N2O8+. The van der Waals surface area contributed by atoms with Gasteiger partial charge in [0.15, 0.2) is 16.4 Å². The first kappa shape index (κ1) is 26.0. The molecule has 0 spiro atoms. The molecule has 4 aliphatic carbocycles. The molecule has 3 N–H and O–H groups in total. The molecule has 0 heterocycles. The van der Waals surface area contributed by atoms with Crippen molar-refractivity contribution in [3.8, 4) is 0 Å². The number of aliphatic hydroxyl groups excluding tert-OH is 1. The predicted molar refractivity (Wildman–Crippen MR) is 125 cm³/mol. The summed E-state index contributed by atoms with van der Waals surface area (Å²) in [4.78, 5) is 40.7. The van der Waals surface area contributed by atoms with Gasteiger partial charge >= 0.3 is 18.1 Å². The number of Topliss-reactive ketones (excluding diaryl/α,β-unsaturated/α-hetero) is 1. The third-order valence-electron chi connectivity index (χ3n) is 9.02. The van der Waals surface area contributed by atoms with Crippen LogP contribution in [0.25, 0.3) is 4.98 Å².